The lowest BCUT2D eigenvalue weighted by molar-refractivity contribution is -0.132. The average Bonchev–Trinajstić information content (AvgIpc) is 3.23. The van der Waals surface area contributed by atoms with Gasteiger partial charge in [0.05, 0.1) is 24.5 Å². The predicted octanol–water partition coefficient (Wildman–Crippen LogP) is 2.50. The van der Waals surface area contributed by atoms with Gasteiger partial charge in [-0.15, -0.1) is 5.10 Å². The highest BCUT2D eigenvalue weighted by Crippen LogP contribution is 2.17. The Labute approximate surface area is 182 Å². The lowest BCUT2D eigenvalue weighted by Gasteiger charge is -2.28. The molecule has 0 radical (unpaired) electrons. The van der Waals surface area contributed by atoms with Gasteiger partial charge in [0.1, 0.15) is 0 Å². The summed E-state index contributed by atoms with van der Waals surface area (Å²) in [6.45, 7) is 2.30. The number of hydrogen-bond donors (Lipinski definition) is 1. The van der Waals surface area contributed by atoms with Crippen LogP contribution in [0.15, 0.2) is 60.7 Å². The maximum Gasteiger partial charge on any atom is 0.223 e. The van der Waals surface area contributed by atoms with Gasteiger partial charge in [0.15, 0.2) is 0 Å². The van der Waals surface area contributed by atoms with Crippen molar-refractivity contribution in [3.8, 4) is 0 Å². The standard InChI is InChI=1S/C24H27N5O2/c30-23(25-17-20-9-5-2-6-10-20)13-12-21-22-18-28(15-16-29(22)27-26-21)24(31)14-11-19-7-3-1-4-8-19/h1-10H,11-18H2,(H,25,30). The molecule has 1 N–H and O–H groups in total. The van der Waals surface area contributed by atoms with Crippen LogP contribution >= 0.6 is 0 Å². The van der Waals surface area contributed by atoms with Gasteiger partial charge in [0, 0.05) is 32.4 Å². The fraction of sp³-hybridized carbons (Fsp3) is 0.333. The van der Waals surface area contributed by atoms with Crippen molar-refractivity contribution in [2.24, 2.45) is 0 Å². The van der Waals surface area contributed by atoms with Crippen LogP contribution in [0.25, 0.3) is 0 Å². The Balaban J connectivity index is 1.28. The van der Waals surface area contributed by atoms with E-state index < -0.39 is 0 Å². The third-order valence-electron chi connectivity index (χ3n) is 5.58. The molecule has 2 heterocycles. The van der Waals surface area contributed by atoms with Crippen LogP contribution in [0.4, 0.5) is 0 Å². The number of carbonyl (C=O) groups is 2. The molecule has 3 aromatic rings. The second-order valence-electron chi connectivity index (χ2n) is 7.77. The fourth-order valence-corrected chi connectivity index (χ4v) is 3.77. The lowest BCUT2D eigenvalue weighted by atomic mass is 10.1. The molecule has 4 rings (SSSR count). The lowest BCUT2D eigenvalue weighted by Crippen LogP contribution is -2.39. The zero-order valence-electron chi connectivity index (χ0n) is 17.5. The third-order valence-corrected chi connectivity index (χ3v) is 5.58. The van der Waals surface area contributed by atoms with Crippen LogP contribution in [0.3, 0.4) is 0 Å². The summed E-state index contributed by atoms with van der Waals surface area (Å²) in [4.78, 5) is 26.8. The van der Waals surface area contributed by atoms with Crippen molar-refractivity contribution in [2.45, 2.75) is 45.3 Å². The van der Waals surface area contributed by atoms with Crippen LogP contribution < -0.4 is 5.32 Å². The third kappa shape index (κ3) is 5.57. The Bertz CT molecular complexity index is 1020. The zero-order chi connectivity index (χ0) is 21.5. The summed E-state index contributed by atoms with van der Waals surface area (Å²) in [7, 11) is 0. The normalized spacial score (nSPS) is 13.0. The van der Waals surface area contributed by atoms with E-state index in [0.717, 1.165) is 23.4 Å². The molecule has 2 aromatic carbocycles. The summed E-state index contributed by atoms with van der Waals surface area (Å²) in [5.74, 6) is 0.125. The highest BCUT2D eigenvalue weighted by Gasteiger charge is 2.24. The summed E-state index contributed by atoms with van der Waals surface area (Å²) in [5, 5.41) is 11.4. The van der Waals surface area contributed by atoms with Crippen molar-refractivity contribution < 1.29 is 9.59 Å². The topological polar surface area (TPSA) is 80.1 Å². The molecule has 2 amide bonds. The highest BCUT2D eigenvalue weighted by molar-refractivity contribution is 5.77. The van der Waals surface area contributed by atoms with E-state index in [1.54, 1.807) is 0 Å². The summed E-state index contributed by atoms with van der Waals surface area (Å²) in [5.41, 5.74) is 3.98. The molecular weight excluding hydrogens is 390 g/mol. The Morgan fingerprint density at radius 1 is 0.871 bits per heavy atom. The van der Waals surface area contributed by atoms with Crippen molar-refractivity contribution in [2.75, 3.05) is 6.54 Å². The fourth-order valence-electron chi connectivity index (χ4n) is 3.77. The second-order valence-corrected chi connectivity index (χ2v) is 7.77. The molecule has 0 unspecified atom stereocenters. The number of nitrogens with one attached hydrogen (secondary N) is 1. The van der Waals surface area contributed by atoms with Gasteiger partial charge in [0.25, 0.3) is 0 Å². The molecule has 7 heteroatoms. The molecule has 0 fully saturated rings. The molecule has 0 saturated carbocycles. The van der Waals surface area contributed by atoms with Gasteiger partial charge in [-0.2, -0.15) is 0 Å². The van der Waals surface area contributed by atoms with Gasteiger partial charge in [-0.25, -0.2) is 4.68 Å². The zero-order valence-corrected chi connectivity index (χ0v) is 17.5. The predicted molar refractivity (Wildman–Crippen MR) is 117 cm³/mol. The van der Waals surface area contributed by atoms with Gasteiger partial charge < -0.3 is 10.2 Å². The molecular formula is C24H27N5O2. The molecule has 0 aliphatic carbocycles. The average molecular weight is 418 g/mol. The van der Waals surface area contributed by atoms with Gasteiger partial charge in [-0.3, -0.25) is 9.59 Å². The van der Waals surface area contributed by atoms with Crippen LogP contribution in [0, 0.1) is 0 Å². The maximum absolute atomic E-state index is 12.7. The Morgan fingerprint density at radius 2 is 1.58 bits per heavy atom. The van der Waals surface area contributed by atoms with E-state index in [2.05, 4.69) is 15.6 Å². The van der Waals surface area contributed by atoms with Gasteiger partial charge in [0.2, 0.25) is 11.8 Å². The minimum absolute atomic E-state index is 0.0165. The summed E-state index contributed by atoms with van der Waals surface area (Å²) < 4.78 is 1.86. The van der Waals surface area contributed by atoms with Crippen molar-refractivity contribution in [1.82, 2.24) is 25.2 Å². The quantitative estimate of drug-likeness (QED) is 0.611. The second kappa shape index (κ2) is 10.0. The number of fused-ring (bicyclic) bond motifs is 1. The van der Waals surface area contributed by atoms with Crippen LogP contribution in [-0.4, -0.2) is 38.3 Å². The summed E-state index contributed by atoms with van der Waals surface area (Å²) in [6, 6.07) is 19.9. The van der Waals surface area contributed by atoms with Crippen LogP contribution in [0.5, 0.6) is 0 Å². The largest absolute Gasteiger partial charge is 0.352 e. The molecule has 1 aromatic heterocycles. The minimum atomic E-state index is -0.0165. The number of aryl methyl sites for hydroxylation is 2. The van der Waals surface area contributed by atoms with E-state index >= 15 is 0 Å². The Hall–Kier alpha value is -3.48. The maximum atomic E-state index is 12.7. The molecule has 0 spiro atoms. The van der Waals surface area contributed by atoms with Gasteiger partial charge >= 0.3 is 0 Å². The minimum Gasteiger partial charge on any atom is -0.352 e. The number of benzene rings is 2. The molecule has 160 valence electrons. The van der Waals surface area contributed by atoms with E-state index in [1.165, 1.54) is 5.56 Å². The van der Waals surface area contributed by atoms with Gasteiger partial charge in [-0.1, -0.05) is 65.9 Å². The Morgan fingerprint density at radius 3 is 2.32 bits per heavy atom. The number of amides is 2. The van der Waals surface area contributed by atoms with Crippen LogP contribution in [-0.2, 0) is 42.1 Å². The van der Waals surface area contributed by atoms with E-state index in [0.29, 0.717) is 45.4 Å². The first-order valence-electron chi connectivity index (χ1n) is 10.7. The van der Waals surface area contributed by atoms with Crippen LogP contribution in [0.1, 0.15) is 35.4 Å². The summed E-state index contributed by atoms with van der Waals surface area (Å²) in [6.07, 6.45) is 2.09. The molecule has 0 saturated heterocycles. The summed E-state index contributed by atoms with van der Waals surface area (Å²) >= 11 is 0. The van der Waals surface area contributed by atoms with Crippen molar-refractivity contribution in [1.29, 1.82) is 0 Å². The van der Waals surface area contributed by atoms with Crippen LogP contribution in [0.2, 0.25) is 0 Å². The van der Waals surface area contributed by atoms with E-state index in [4.69, 9.17) is 0 Å². The molecule has 7 nitrogen and oxygen atoms in total. The SMILES string of the molecule is O=C(CCc1nnn2c1CN(C(=O)CCc1ccccc1)CC2)NCc1ccccc1. The smallest absolute Gasteiger partial charge is 0.223 e. The van der Waals surface area contributed by atoms with Gasteiger partial charge in [-0.05, 0) is 17.5 Å². The molecule has 1 aliphatic heterocycles. The molecule has 0 bridgehead atoms. The molecule has 1 aliphatic rings. The first-order chi connectivity index (χ1) is 15.2. The number of hydrogen-bond acceptors (Lipinski definition) is 4. The number of aromatic nitrogens is 3. The Kier molecular flexibility index (Phi) is 6.72. The number of carbonyl (C=O) groups excluding carboxylic acids is 2. The van der Waals surface area contributed by atoms with Crippen molar-refractivity contribution >= 4 is 11.8 Å². The number of rotatable bonds is 8. The molecule has 0 atom stereocenters. The van der Waals surface area contributed by atoms with E-state index in [9.17, 15) is 9.59 Å². The first kappa shape index (κ1) is 20.8. The van der Waals surface area contributed by atoms with Crippen molar-refractivity contribution in [3.05, 3.63) is 83.2 Å². The van der Waals surface area contributed by atoms with E-state index in [1.807, 2.05) is 70.2 Å². The first-order valence-corrected chi connectivity index (χ1v) is 10.7. The highest BCUT2D eigenvalue weighted by atomic mass is 16.2. The van der Waals surface area contributed by atoms with Crippen molar-refractivity contribution in [3.63, 3.8) is 0 Å². The monoisotopic (exact) mass is 417 g/mol. The molecule has 31 heavy (non-hydrogen) atoms. The number of nitrogens with zero attached hydrogens (tertiary/aromatic N) is 4. The van der Waals surface area contributed by atoms with E-state index in [-0.39, 0.29) is 11.8 Å².